The number of carbonyl (C=O) groups is 1. The van der Waals surface area contributed by atoms with Gasteiger partial charge in [0.25, 0.3) is 5.91 Å². The Morgan fingerprint density at radius 1 is 1.61 bits per heavy atom. The van der Waals surface area contributed by atoms with Gasteiger partial charge in [0.15, 0.2) is 0 Å². The average molecular weight is 312 g/mol. The van der Waals surface area contributed by atoms with Gasteiger partial charge in [0, 0.05) is 30.0 Å². The molecule has 0 spiro atoms. The fraction of sp³-hybridized carbons (Fsp3) is 0.538. The molecule has 1 aromatic heterocycles. The highest BCUT2D eigenvalue weighted by molar-refractivity contribution is 9.10. The van der Waals surface area contributed by atoms with Gasteiger partial charge in [0.1, 0.15) is 0 Å². The third-order valence-electron chi connectivity index (χ3n) is 3.33. The lowest BCUT2D eigenvalue weighted by atomic mass is 9.83. The van der Waals surface area contributed by atoms with Crippen molar-refractivity contribution < 1.29 is 4.79 Å². The van der Waals surface area contributed by atoms with E-state index in [1.54, 1.807) is 18.5 Å². The molecule has 0 radical (unpaired) electrons. The molecule has 4 nitrogen and oxygen atoms in total. The summed E-state index contributed by atoms with van der Waals surface area (Å²) in [4.78, 5) is 16.0. The number of piperidine rings is 1. The van der Waals surface area contributed by atoms with E-state index in [0.29, 0.717) is 12.1 Å². The highest BCUT2D eigenvalue weighted by Crippen LogP contribution is 2.24. The van der Waals surface area contributed by atoms with E-state index < -0.39 is 0 Å². The zero-order valence-electron chi connectivity index (χ0n) is 10.5. The average Bonchev–Trinajstić information content (AvgIpc) is 2.37. The van der Waals surface area contributed by atoms with Crippen LogP contribution in [0.1, 0.15) is 30.1 Å². The van der Waals surface area contributed by atoms with Crippen LogP contribution in [-0.4, -0.2) is 30.5 Å². The van der Waals surface area contributed by atoms with Crippen LogP contribution in [0.4, 0.5) is 0 Å². The fourth-order valence-corrected chi connectivity index (χ4v) is 2.57. The molecule has 98 valence electrons. The molecule has 0 aliphatic carbocycles. The molecule has 0 bridgehead atoms. The van der Waals surface area contributed by atoms with Crippen molar-refractivity contribution in [3.05, 3.63) is 28.5 Å². The van der Waals surface area contributed by atoms with Crippen molar-refractivity contribution in [1.82, 2.24) is 15.6 Å². The lowest BCUT2D eigenvalue weighted by Crippen LogP contribution is -2.45. The van der Waals surface area contributed by atoms with Crippen LogP contribution in [0.3, 0.4) is 0 Å². The summed E-state index contributed by atoms with van der Waals surface area (Å²) in [6, 6.07) is 1.78. The Morgan fingerprint density at radius 2 is 2.44 bits per heavy atom. The lowest BCUT2D eigenvalue weighted by Gasteiger charge is -2.34. The van der Waals surface area contributed by atoms with E-state index >= 15 is 0 Å². The number of aromatic nitrogens is 1. The molecule has 0 aromatic carbocycles. The number of halogens is 1. The van der Waals surface area contributed by atoms with Gasteiger partial charge in [-0.15, -0.1) is 0 Å². The molecule has 2 N–H and O–H groups in total. The fourth-order valence-electron chi connectivity index (χ4n) is 2.20. The van der Waals surface area contributed by atoms with Crippen LogP contribution in [-0.2, 0) is 0 Å². The van der Waals surface area contributed by atoms with Crippen molar-refractivity contribution in [1.29, 1.82) is 0 Å². The van der Waals surface area contributed by atoms with E-state index in [0.717, 1.165) is 24.0 Å². The third kappa shape index (κ3) is 3.53. The van der Waals surface area contributed by atoms with E-state index in [1.165, 1.54) is 6.42 Å². The van der Waals surface area contributed by atoms with Gasteiger partial charge < -0.3 is 10.6 Å². The molecule has 1 aliphatic heterocycles. The maximum absolute atomic E-state index is 12.0. The van der Waals surface area contributed by atoms with Crippen LogP contribution in [0.5, 0.6) is 0 Å². The number of nitrogens with one attached hydrogen (secondary N) is 2. The van der Waals surface area contributed by atoms with E-state index in [9.17, 15) is 4.79 Å². The van der Waals surface area contributed by atoms with Crippen LogP contribution in [0.25, 0.3) is 0 Å². The van der Waals surface area contributed by atoms with Crippen molar-refractivity contribution in [2.75, 3.05) is 19.6 Å². The molecule has 1 atom stereocenters. The Morgan fingerprint density at radius 3 is 3.11 bits per heavy atom. The SMILES string of the molecule is CC1(CNC(=O)c2cncc(Br)c2)CCCNC1. The first kappa shape index (κ1) is 13.5. The topological polar surface area (TPSA) is 54.0 Å². The van der Waals surface area contributed by atoms with E-state index in [1.807, 2.05) is 0 Å². The number of hydrogen-bond acceptors (Lipinski definition) is 3. The first-order valence-electron chi connectivity index (χ1n) is 6.19. The van der Waals surface area contributed by atoms with Gasteiger partial charge in [0.05, 0.1) is 5.56 Å². The minimum atomic E-state index is -0.0596. The number of pyridine rings is 1. The van der Waals surface area contributed by atoms with Crippen LogP contribution >= 0.6 is 15.9 Å². The smallest absolute Gasteiger partial charge is 0.252 e. The van der Waals surface area contributed by atoms with Crippen LogP contribution in [0.2, 0.25) is 0 Å². The maximum Gasteiger partial charge on any atom is 0.252 e. The first-order valence-corrected chi connectivity index (χ1v) is 6.98. The second-order valence-corrected chi connectivity index (χ2v) is 6.08. The molecule has 1 aromatic rings. The largest absolute Gasteiger partial charge is 0.351 e. The predicted octanol–water partition coefficient (Wildman–Crippen LogP) is 1.96. The summed E-state index contributed by atoms with van der Waals surface area (Å²) in [5, 5.41) is 6.37. The second kappa shape index (κ2) is 5.80. The van der Waals surface area contributed by atoms with Crippen molar-refractivity contribution in [2.45, 2.75) is 19.8 Å². The quantitative estimate of drug-likeness (QED) is 0.897. The molecular weight excluding hydrogens is 294 g/mol. The number of nitrogens with zero attached hydrogens (tertiary/aromatic N) is 1. The van der Waals surface area contributed by atoms with Gasteiger partial charge in [-0.1, -0.05) is 6.92 Å². The molecule has 1 saturated heterocycles. The summed E-state index contributed by atoms with van der Waals surface area (Å²) in [5.41, 5.74) is 0.754. The predicted molar refractivity (Wildman–Crippen MR) is 74.5 cm³/mol. The molecule has 2 heterocycles. The lowest BCUT2D eigenvalue weighted by molar-refractivity contribution is 0.0924. The van der Waals surface area contributed by atoms with E-state index in [4.69, 9.17) is 0 Å². The van der Waals surface area contributed by atoms with Crippen molar-refractivity contribution >= 4 is 21.8 Å². The molecule has 1 unspecified atom stereocenters. The molecule has 1 amide bonds. The van der Waals surface area contributed by atoms with Gasteiger partial charge in [-0.05, 0) is 46.8 Å². The summed E-state index contributed by atoms with van der Waals surface area (Å²) < 4.78 is 0.820. The highest BCUT2D eigenvalue weighted by atomic mass is 79.9. The first-order chi connectivity index (χ1) is 8.59. The molecule has 5 heteroatoms. The standard InChI is InChI=1S/C13H18BrN3O/c1-13(3-2-4-15-8-13)9-17-12(18)10-5-11(14)7-16-6-10/h5-7,15H,2-4,8-9H2,1H3,(H,17,18). The minimum Gasteiger partial charge on any atom is -0.351 e. The van der Waals surface area contributed by atoms with E-state index in [2.05, 4.69) is 38.5 Å². The summed E-state index contributed by atoms with van der Waals surface area (Å²) >= 11 is 3.32. The van der Waals surface area contributed by atoms with Crippen molar-refractivity contribution in [2.24, 2.45) is 5.41 Å². The Hall–Kier alpha value is -0.940. The van der Waals surface area contributed by atoms with Crippen molar-refractivity contribution in [3.63, 3.8) is 0 Å². The zero-order chi connectivity index (χ0) is 13.0. The summed E-state index contributed by atoms with van der Waals surface area (Å²) in [6.45, 7) is 4.95. The van der Waals surface area contributed by atoms with Crippen LogP contribution in [0, 0.1) is 5.41 Å². The Balaban J connectivity index is 1.92. The van der Waals surface area contributed by atoms with Crippen LogP contribution < -0.4 is 10.6 Å². The number of rotatable bonds is 3. The van der Waals surface area contributed by atoms with Gasteiger partial charge >= 0.3 is 0 Å². The Bertz CT molecular complexity index is 430. The van der Waals surface area contributed by atoms with Gasteiger partial charge in [0.2, 0.25) is 0 Å². The second-order valence-electron chi connectivity index (χ2n) is 5.17. The molecule has 0 saturated carbocycles. The highest BCUT2D eigenvalue weighted by Gasteiger charge is 2.27. The number of amides is 1. The van der Waals surface area contributed by atoms with E-state index in [-0.39, 0.29) is 11.3 Å². The van der Waals surface area contributed by atoms with Crippen LogP contribution in [0.15, 0.2) is 22.9 Å². The third-order valence-corrected chi connectivity index (χ3v) is 3.76. The monoisotopic (exact) mass is 311 g/mol. The molecule has 1 aliphatic rings. The van der Waals surface area contributed by atoms with Gasteiger partial charge in [-0.3, -0.25) is 9.78 Å². The number of hydrogen-bond donors (Lipinski definition) is 2. The summed E-state index contributed by atoms with van der Waals surface area (Å²) in [7, 11) is 0. The molecule has 2 rings (SSSR count). The zero-order valence-corrected chi connectivity index (χ0v) is 12.1. The maximum atomic E-state index is 12.0. The molecule has 18 heavy (non-hydrogen) atoms. The number of carbonyl (C=O) groups excluding carboxylic acids is 1. The normalized spacial score (nSPS) is 23.7. The van der Waals surface area contributed by atoms with Crippen molar-refractivity contribution in [3.8, 4) is 0 Å². The Labute approximate surface area is 116 Å². The van der Waals surface area contributed by atoms with Gasteiger partial charge in [-0.2, -0.15) is 0 Å². The van der Waals surface area contributed by atoms with Gasteiger partial charge in [-0.25, -0.2) is 0 Å². The minimum absolute atomic E-state index is 0.0596. The summed E-state index contributed by atoms with van der Waals surface area (Å²) in [6.07, 6.45) is 5.58. The molecular formula is C13H18BrN3O. The Kier molecular flexibility index (Phi) is 4.35. The molecule has 1 fully saturated rings. The summed E-state index contributed by atoms with van der Waals surface area (Å²) in [5.74, 6) is -0.0596.